The quantitative estimate of drug-likeness (QED) is 0.682. The van der Waals surface area contributed by atoms with Crippen LogP contribution >= 0.6 is 11.3 Å². The van der Waals surface area contributed by atoms with Crippen molar-refractivity contribution in [1.82, 2.24) is 9.80 Å². The summed E-state index contributed by atoms with van der Waals surface area (Å²) < 4.78 is 5.69. The van der Waals surface area contributed by atoms with Crippen LogP contribution in [-0.2, 0) is 4.79 Å². The summed E-state index contributed by atoms with van der Waals surface area (Å²) in [5.74, 6) is 0.842. The van der Waals surface area contributed by atoms with Crippen LogP contribution in [0.25, 0.3) is 0 Å². The lowest BCUT2D eigenvalue weighted by atomic mass is 10.0. The second-order valence-corrected chi connectivity index (χ2v) is 7.71. The highest BCUT2D eigenvalue weighted by molar-refractivity contribution is 7.12. The van der Waals surface area contributed by atoms with Crippen molar-refractivity contribution in [2.24, 2.45) is 0 Å². The van der Waals surface area contributed by atoms with Gasteiger partial charge in [0.25, 0.3) is 5.91 Å². The van der Waals surface area contributed by atoms with Gasteiger partial charge in [0.05, 0.1) is 11.5 Å². The average molecular weight is 387 g/mol. The van der Waals surface area contributed by atoms with Crippen molar-refractivity contribution in [2.45, 2.75) is 31.7 Å². The molecule has 1 aliphatic heterocycles. The molecule has 0 bridgehead atoms. The van der Waals surface area contributed by atoms with Crippen LogP contribution in [0.2, 0.25) is 0 Å². The van der Waals surface area contributed by atoms with E-state index in [1.807, 2.05) is 54.9 Å². The van der Waals surface area contributed by atoms with Crippen molar-refractivity contribution in [3.05, 3.63) is 52.7 Å². The highest BCUT2D eigenvalue weighted by atomic mass is 32.1. The van der Waals surface area contributed by atoms with Crippen LogP contribution in [0.3, 0.4) is 0 Å². The predicted molar refractivity (Wildman–Crippen MR) is 107 cm³/mol. The zero-order chi connectivity index (χ0) is 19.1. The molecule has 3 rings (SSSR count). The fourth-order valence-corrected chi connectivity index (χ4v) is 4.03. The molecule has 27 heavy (non-hydrogen) atoms. The van der Waals surface area contributed by atoms with Crippen LogP contribution in [0.4, 0.5) is 0 Å². The van der Waals surface area contributed by atoms with Crippen LogP contribution in [0.15, 0.2) is 47.8 Å². The Morgan fingerprint density at radius 1 is 1.19 bits per heavy atom. The lowest BCUT2D eigenvalue weighted by Gasteiger charge is -2.36. The molecule has 1 unspecified atom stereocenters. The number of hydrogen-bond donors (Lipinski definition) is 0. The third kappa shape index (κ3) is 5.10. The molecule has 1 aromatic carbocycles. The lowest BCUT2D eigenvalue weighted by molar-refractivity contribution is -0.136. The van der Waals surface area contributed by atoms with E-state index in [1.54, 1.807) is 9.80 Å². The Kier molecular flexibility index (Phi) is 6.87. The largest absolute Gasteiger partial charge is 0.494 e. The standard InChI is InChI=1S/C21H26N2O3S/c1-22(13-8-15-26-17-9-3-2-4-10-17)20(24)18-11-5-6-14-23(18)21(25)19-12-7-16-27-19/h2-4,7,9-10,12,16,18H,5-6,8,11,13-15H2,1H3. The molecule has 0 aliphatic carbocycles. The van der Waals surface area contributed by atoms with Gasteiger partial charge in [-0.15, -0.1) is 11.3 Å². The Morgan fingerprint density at radius 2 is 2.00 bits per heavy atom. The zero-order valence-corrected chi connectivity index (χ0v) is 16.5. The molecule has 1 aliphatic rings. The van der Waals surface area contributed by atoms with E-state index in [1.165, 1.54) is 11.3 Å². The molecule has 5 nitrogen and oxygen atoms in total. The van der Waals surface area contributed by atoms with E-state index in [0.717, 1.165) is 31.4 Å². The molecule has 144 valence electrons. The molecule has 1 aromatic heterocycles. The van der Waals surface area contributed by atoms with E-state index in [0.29, 0.717) is 24.6 Å². The molecular weight excluding hydrogens is 360 g/mol. The molecule has 0 N–H and O–H groups in total. The number of thiophene rings is 1. The molecule has 2 heterocycles. The smallest absolute Gasteiger partial charge is 0.264 e. The van der Waals surface area contributed by atoms with E-state index in [9.17, 15) is 9.59 Å². The summed E-state index contributed by atoms with van der Waals surface area (Å²) in [5, 5.41) is 1.90. The van der Waals surface area contributed by atoms with Gasteiger partial charge in [0, 0.05) is 20.1 Å². The van der Waals surface area contributed by atoms with Gasteiger partial charge in [0.15, 0.2) is 0 Å². The van der Waals surface area contributed by atoms with Crippen LogP contribution < -0.4 is 4.74 Å². The number of amides is 2. The number of hydrogen-bond acceptors (Lipinski definition) is 4. The molecule has 6 heteroatoms. The van der Waals surface area contributed by atoms with Crippen LogP contribution in [-0.4, -0.2) is 54.4 Å². The number of piperidine rings is 1. The van der Waals surface area contributed by atoms with Gasteiger partial charge in [0.1, 0.15) is 11.8 Å². The number of nitrogens with zero attached hydrogens (tertiary/aromatic N) is 2. The van der Waals surface area contributed by atoms with E-state index >= 15 is 0 Å². The molecule has 1 saturated heterocycles. The van der Waals surface area contributed by atoms with Gasteiger partial charge in [-0.2, -0.15) is 0 Å². The van der Waals surface area contributed by atoms with Crippen molar-refractivity contribution in [3.8, 4) is 5.75 Å². The third-order valence-corrected chi connectivity index (χ3v) is 5.66. The fourth-order valence-electron chi connectivity index (χ4n) is 3.35. The molecule has 0 spiro atoms. The second kappa shape index (κ2) is 9.55. The highest BCUT2D eigenvalue weighted by Crippen LogP contribution is 2.23. The first-order valence-corrected chi connectivity index (χ1v) is 10.3. The Balaban J connectivity index is 1.51. The van der Waals surface area contributed by atoms with Crippen LogP contribution in [0.5, 0.6) is 5.75 Å². The average Bonchev–Trinajstić information content (AvgIpc) is 3.25. The van der Waals surface area contributed by atoms with Gasteiger partial charge in [-0.3, -0.25) is 9.59 Å². The number of rotatable bonds is 7. The molecule has 2 aromatic rings. The Morgan fingerprint density at radius 3 is 2.74 bits per heavy atom. The molecule has 1 atom stereocenters. The summed E-state index contributed by atoms with van der Waals surface area (Å²) in [6.45, 7) is 1.82. The van der Waals surface area contributed by atoms with Gasteiger partial charge in [-0.1, -0.05) is 24.3 Å². The second-order valence-electron chi connectivity index (χ2n) is 6.76. The van der Waals surface area contributed by atoms with Gasteiger partial charge in [-0.05, 0) is 49.3 Å². The zero-order valence-electron chi connectivity index (χ0n) is 15.7. The van der Waals surface area contributed by atoms with Crippen molar-refractivity contribution in [3.63, 3.8) is 0 Å². The van der Waals surface area contributed by atoms with Crippen molar-refractivity contribution < 1.29 is 14.3 Å². The number of ether oxygens (including phenoxy) is 1. The number of para-hydroxylation sites is 1. The first kappa shape index (κ1) is 19.4. The molecular formula is C21H26N2O3S. The topological polar surface area (TPSA) is 49.9 Å². The summed E-state index contributed by atoms with van der Waals surface area (Å²) >= 11 is 1.43. The minimum Gasteiger partial charge on any atom is -0.494 e. The molecule has 1 fully saturated rings. The number of carbonyl (C=O) groups is 2. The van der Waals surface area contributed by atoms with Crippen LogP contribution in [0, 0.1) is 0 Å². The Hall–Kier alpha value is -2.34. The summed E-state index contributed by atoms with van der Waals surface area (Å²) in [5.41, 5.74) is 0. The number of carbonyl (C=O) groups excluding carboxylic acids is 2. The maximum absolute atomic E-state index is 12.9. The van der Waals surface area contributed by atoms with E-state index in [4.69, 9.17) is 4.74 Å². The first-order valence-electron chi connectivity index (χ1n) is 9.44. The highest BCUT2D eigenvalue weighted by Gasteiger charge is 2.34. The monoisotopic (exact) mass is 386 g/mol. The van der Waals surface area contributed by atoms with Crippen molar-refractivity contribution in [2.75, 3.05) is 26.7 Å². The lowest BCUT2D eigenvalue weighted by Crippen LogP contribution is -2.52. The minimum atomic E-state index is -0.353. The van der Waals surface area contributed by atoms with E-state index in [-0.39, 0.29) is 17.9 Å². The predicted octanol–water partition coefficient (Wildman–Crippen LogP) is 3.67. The third-order valence-electron chi connectivity index (χ3n) is 4.81. The summed E-state index contributed by atoms with van der Waals surface area (Å²) in [6.07, 6.45) is 3.43. The number of likely N-dealkylation sites (tertiary alicyclic amines) is 1. The van der Waals surface area contributed by atoms with Gasteiger partial charge < -0.3 is 14.5 Å². The van der Waals surface area contributed by atoms with Crippen molar-refractivity contribution >= 4 is 23.2 Å². The van der Waals surface area contributed by atoms with Gasteiger partial charge in [0.2, 0.25) is 5.91 Å². The SMILES string of the molecule is CN(CCCOc1ccccc1)C(=O)C1CCCCN1C(=O)c1cccs1. The maximum Gasteiger partial charge on any atom is 0.264 e. The summed E-state index contributed by atoms with van der Waals surface area (Å²) in [7, 11) is 1.81. The molecule has 0 radical (unpaired) electrons. The van der Waals surface area contributed by atoms with Crippen LogP contribution in [0.1, 0.15) is 35.4 Å². The first-order chi connectivity index (χ1) is 13.2. The van der Waals surface area contributed by atoms with E-state index < -0.39 is 0 Å². The maximum atomic E-state index is 12.9. The summed E-state index contributed by atoms with van der Waals surface area (Å²) in [4.78, 5) is 29.9. The Labute approximate surface area is 164 Å². The fraction of sp³-hybridized carbons (Fsp3) is 0.429. The van der Waals surface area contributed by atoms with Gasteiger partial charge in [-0.25, -0.2) is 0 Å². The Bertz CT molecular complexity index is 733. The van der Waals surface area contributed by atoms with E-state index in [2.05, 4.69) is 0 Å². The van der Waals surface area contributed by atoms with Crippen molar-refractivity contribution in [1.29, 1.82) is 0 Å². The normalized spacial score (nSPS) is 16.8. The summed E-state index contributed by atoms with van der Waals surface area (Å²) in [6, 6.07) is 13.0. The minimum absolute atomic E-state index is 0.0242. The van der Waals surface area contributed by atoms with Gasteiger partial charge >= 0.3 is 0 Å². The molecule has 2 amide bonds. The molecule has 0 saturated carbocycles. The number of benzene rings is 1. The number of likely N-dealkylation sites (N-methyl/N-ethyl adjacent to an activating group) is 1.